The summed E-state index contributed by atoms with van der Waals surface area (Å²) in [6.07, 6.45) is 25.2. The fourth-order valence-electron chi connectivity index (χ4n) is 5.72. The molecule has 4 aromatic rings. The van der Waals surface area contributed by atoms with Crippen LogP contribution in [0.3, 0.4) is 0 Å². The van der Waals surface area contributed by atoms with Crippen molar-refractivity contribution < 1.29 is 0 Å². The van der Waals surface area contributed by atoms with E-state index in [0.717, 1.165) is 76.3 Å². The molecule has 0 unspecified atom stereocenters. The summed E-state index contributed by atoms with van der Waals surface area (Å²) in [6, 6.07) is 29.8. The summed E-state index contributed by atoms with van der Waals surface area (Å²) in [5.74, 6) is 0. The molecule has 0 spiro atoms. The van der Waals surface area contributed by atoms with Crippen LogP contribution < -0.4 is 0 Å². The van der Waals surface area contributed by atoms with E-state index in [9.17, 15) is 0 Å². The van der Waals surface area contributed by atoms with E-state index < -0.39 is 0 Å². The molecule has 0 aliphatic heterocycles. The second kappa shape index (κ2) is 16.1. The Morgan fingerprint density at radius 3 is 1.98 bits per heavy atom. The Kier molecular flexibility index (Phi) is 11.2. The lowest BCUT2D eigenvalue weighted by Crippen LogP contribution is -1.96. The predicted octanol–water partition coefficient (Wildman–Crippen LogP) is 12.1. The van der Waals surface area contributed by atoms with Crippen LogP contribution in [0, 0.1) is 0 Å². The van der Waals surface area contributed by atoms with Gasteiger partial charge < -0.3 is 0 Å². The first kappa shape index (κ1) is 32.1. The standard InChI is InChI=1S/C42H38N2.C2H4/c1-3-17-31(4-2)39-27-37(28-40(43-39)33-20-11-7-12-21-33)35-24-15-16-25-36(26-35)38-29-41(32-18-9-5-6-10-19-32)44-42(30-38)34-22-13-8-14-23-34;1-2/h4,7-9,11-14,16-30H,2-3,5-6,10,15H2,1H3;1-2H2/b31-17+;. The number of hydrogen-bond donors (Lipinski definition) is 0. The lowest BCUT2D eigenvalue weighted by atomic mass is 9.95. The SMILES string of the molecule is C=C.C=C/C(=C\CC)c1cc(C2=CCC=CC(c3cc(C4=CCCCC=C4)nc(-c4ccccc4)c3)=C2)cc(-c2ccccc2)n1. The normalized spacial score (nSPS) is 14.5. The van der Waals surface area contributed by atoms with Crippen LogP contribution >= 0.6 is 0 Å². The summed E-state index contributed by atoms with van der Waals surface area (Å²) < 4.78 is 0. The fraction of sp³-hybridized carbons (Fsp3) is 0.136. The van der Waals surface area contributed by atoms with E-state index in [-0.39, 0.29) is 0 Å². The molecule has 0 saturated carbocycles. The maximum Gasteiger partial charge on any atom is 0.0715 e. The molecule has 0 saturated heterocycles. The summed E-state index contributed by atoms with van der Waals surface area (Å²) >= 11 is 0. The molecule has 0 radical (unpaired) electrons. The van der Waals surface area contributed by atoms with Crippen LogP contribution in [0.15, 0.2) is 159 Å². The van der Waals surface area contributed by atoms with E-state index in [1.807, 2.05) is 12.1 Å². The Balaban J connectivity index is 0.00000204. The Bertz CT molecular complexity index is 1850. The van der Waals surface area contributed by atoms with E-state index in [1.54, 1.807) is 0 Å². The average molecular weight is 599 g/mol. The van der Waals surface area contributed by atoms with Gasteiger partial charge in [-0.2, -0.15) is 0 Å². The predicted molar refractivity (Wildman–Crippen MR) is 200 cm³/mol. The smallest absolute Gasteiger partial charge is 0.0715 e. The van der Waals surface area contributed by atoms with Gasteiger partial charge in [0.1, 0.15) is 0 Å². The molecule has 0 N–H and O–H groups in total. The van der Waals surface area contributed by atoms with Crippen molar-refractivity contribution in [3.05, 3.63) is 182 Å². The van der Waals surface area contributed by atoms with E-state index in [1.165, 1.54) is 23.1 Å². The minimum Gasteiger partial charge on any atom is -0.248 e. The Morgan fingerprint density at radius 1 is 0.674 bits per heavy atom. The van der Waals surface area contributed by atoms with Crippen molar-refractivity contribution in [3.63, 3.8) is 0 Å². The van der Waals surface area contributed by atoms with E-state index in [2.05, 4.69) is 154 Å². The minimum atomic E-state index is 0.851. The zero-order valence-corrected chi connectivity index (χ0v) is 26.8. The first-order chi connectivity index (χ1) is 22.7. The molecule has 2 aliphatic carbocycles. The van der Waals surface area contributed by atoms with E-state index in [4.69, 9.17) is 9.97 Å². The Morgan fingerprint density at radius 2 is 1.30 bits per heavy atom. The molecule has 0 fully saturated rings. The fourth-order valence-corrected chi connectivity index (χ4v) is 5.72. The average Bonchev–Trinajstić information content (AvgIpc) is 3.56. The third-order valence-corrected chi connectivity index (χ3v) is 8.01. The van der Waals surface area contributed by atoms with Gasteiger partial charge in [-0.15, -0.1) is 13.2 Å². The first-order valence-electron chi connectivity index (χ1n) is 16.2. The molecule has 2 heteroatoms. The molecule has 2 aliphatic rings. The van der Waals surface area contributed by atoms with Gasteiger partial charge in [-0.1, -0.05) is 123 Å². The van der Waals surface area contributed by atoms with Crippen molar-refractivity contribution in [1.82, 2.24) is 9.97 Å². The molecule has 0 bridgehead atoms. The number of hydrogen-bond acceptors (Lipinski definition) is 2. The van der Waals surface area contributed by atoms with Crippen LogP contribution in [0.1, 0.15) is 61.5 Å². The molecule has 2 nitrogen and oxygen atoms in total. The molecule has 2 aromatic heterocycles. The van der Waals surface area contributed by atoms with Crippen LogP contribution in [0.25, 0.3) is 44.8 Å². The second-order valence-electron chi connectivity index (χ2n) is 11.1. The van der Waals surface area contributed by atoms with Crippen molar-refractivity contribution in [2.24, 2.45) is 0 Å². The zero-order chi connectivity index (χ0) is 32.1. The van der Waals surface area contributed by atoms with Crippen LogP contribution in [-0.2, 0) is 0 Å². The highest BCUT2D eigenvalue weighted by molar-refractivity contribution is 5.91. The highest BCUT2D eigenvalue weighted by Crippen LogP contribution is 2.34. The lowest BCUT2D eigenvalue weighted by molar-refractivity contribution is 0.876. The Labute approximate surface area is 275 Å². The molecule has 2 heterocycles. The number of aromatic nitrogens is 2. The Hall–Kier alpha value is -5.34. The number of rotatable bonds is 8. The van der Waals surface area contributed by atoms with Crippen molar-refractivity contribution in [3.8, 4) is 22.5 Å². The first-order valence-corrected chi connectivity index (χ1v) is 16.2. The number of allylic oxidation sites excluding steroid dienone is 13. The van der Waals surface area contributed by atoms with Crippen LogP contribution in [-0.4, -0.2) is 9.97 Å². The molecule has 0 atom stereocenters. The highest BCUT2D eigenvalue weighted by atomic mass is 14.7. The van der Waals surface area contributed by atoms with Gasteiger partial charge in [-0.05, 0) is 95.9 Å². The van der Waals surface area contributed by atoms with Gasteiger partial charge in [0, 0.05) is 11.1 Å². The monoisotopic (exact) mass is 598 g/mol. The quantitative estimate of drug-likeness (QED) is 0.149. The third kappa shape index (κ3) is 7.83. The van der Waals surface area contributed by atoms with Gasteiger partial charge >= 0.3 is 0 Å². The van der Waals surface area contributed by atoms with Crippen LogP contribution in [0.4, 0.5) is 0 Å². The number of nitrogens with zero attached hydrogens (tertiary/aromatic N) is 2. The maximum absolute atomic E-state index is 5.16. The van der Waals surface area contributed by atoms with Gasteiger partial charge in [0.15, 0.2) is 0 Å². The molecular formula is C44H42N2. The molecule has 2 aromatic carbocycles. The third-order valence-electron chi connectivity index (χ3n) is 8.01. The highest BCUT2D eigenvalue weighted by Gasteiger charge is 2.14. The van der Waals surface area contributed by atoms with Gasteiger partial charge in [0.2, 0.25) is 0 Å². The molecule has 228 valence electrons. The molecular weight excluding hydrogens is 556 g/mol. The van der Waals surface area contributed by atoms with Crippen molar-refractivity contribution >= 4 is 22.3 Å². The molecule has 6 rings (SSSR count). The van der Waals surface area contributed by atoms with Gasteiger partial charge in [0.25, 0.3) is 0 Å². The zero-order valence-electron chi connectivity index (χ0n) is 26.8. The summed E-state index contributed by atoms with van der Waals surface area (Å²) in [7, 11) is 0. The summed E-state index contributed by atoms with van der Waals surface area (Å²) in [5.41, 5.74) is 13.0. The molecule has 46 heavy (non-hydrogen) atoms. The van der Waals surface area contributed by atoms with Crippen LogP contribution in [0.2, 0.25) is 0 Å². The summed E-state index contributed by atoms with van der Waals surface area (Å²) in [6.45, 7) is 12.2. The number of benzene rings is 2. The largest absolute Gasteiger partial charge is 0.248 e. The van der Waals surface area contributed by atoms with Gasteiger partial charge in [-0.3, -0.25) is 0 Å². The lowest BCUT2D eigenvalue weighted by Gasteiger charge is -2.13. The van der Waals surface area contributed by atoms with E-state index >= 15 is 0 Å². The minimum absolute atomic E-state index is 0.851. The topological polar surface area (TPSA) is 25.8 Å². The van der Waals surface area contributed by atoms with Crippen molar-refractivity contribution in [2.45, 2.75) is 39.0 Å². The van der Waals surface area contributed by atoms with Gasteiger partial charge in [-0.25, -0.2) is 9.97 Å². The maximum atomic E-state index is 5.16. The molecule has 0 amide bonds. The summed E-state index contributed by atoms with van der Waals surface area (Å²) in [4.78, 5) is 10.2. The summed E-state index contributed by atoms with van der Waals surface area (Å²) in [5, 5.41) is 0. The number of pyridine rings is 2. The van der Waals surface area contributed by atoms with Crippen molar-refractivity contribution in [2.75, 3.05) is 0 Å². The van der Waals surface area contributed by atoms with E-state index in [0.29, 0.717) is 0 Å². The van der Waals surface area contributed by atoms with Gasteiger partial charge in [0.05, 0.1) is 22.8 Å². The second-order valence-corrected chi connectivity index (χ2v) is 11.1. The van der Waals surface area contributed by atoms with Crippen LogP contribution in [0.5, 0.6) is 0 Å². The van der Waals surface area contributed by atoms with Crippen molar-refractivity contribution in [1.29, 1.82) is 0 Å².